The van der Waals surface area contributed by atoms with Crippen molar-refractivity contribution in [2.45, 2.75) is 11.8 Å². The molecular formula is C22H19NNiOS. The summed E-state index contributed by atoms with van der Waals surface area (Å²) in [6, 6.07) is 14.6. The molecule has 0 saturated heterocycles. The van der Waals surface area contributed by atoms with Gasteiger partial charge in [-0.3, -0.25) is 0 Å². The number of fused-ring (bicyclic) bond motifs is 2. The summed E-state index contributed by atoms with van der Waals surface area (Å²) in [6.07, 6.45) is 5.86. The Kier molecular flexibility index (Phi) is 4.42. The van der Waals surface area contributed by atoms with Gasteiger partial charge in [-0.25, -0.2) is 0 Å². The average molecular weight is 404 g/mol. The van der Waals surface area contributed by atoms with Crippen LogP contribution in [0.25, 0.3) is 5.57 Å². The van der Waals surface area contributed by atoms with E-state index in [2.05, 4.69) is 37.3 Å². The third kappa shape index (κ3) is 2.78. The molecule has 0 radical (unpaired) electrons. The molecule has 1 heterocycles. The summed E-state index contributed by atoms with van der Waals surface area (Å²) in [6.45, 7) is 2.12. The second-order valence-corrected chi connectivity index (χ2v) is 8.63. The fraction of sp³-hybridized carbons (Fsp3) is 0.136. The second kappa shape index (κ2) is 6.61. The Morgan fingerprint density at radius 2 is 1.77 bits per heavy atom. The summed E-state index contributed by atoms with van der Waals surface area (Å²) in [5.74, 6) is 0. The Bertz CT molecular complexity index is 1060. The van der Waals surface area contributed by atoms with Crippen LogP contribution in [-0.4, -0.2) is 22.8 Å². The van der Waals surface area contributed by atoms with E-state index in [0.29, 0.717) is 0 Å². The standard InChI is InChI=1S/C22H19NOS.Ni/c1-15-8-4-5-9-17(15)22-18-10-6-7-11-20(18)25(24)21-14-16(23(2)3)12-13-19(21)22;/h4-6,8-14H,1-3H3;. The molecule has 26 heavy (non-hydrogen) atoms. The fourth-order valence-electron chi connectivity index (χ4n) is 3.40. The number of rotatable bonds is 2. The summed E-state index contributed by atoms with van der Waals surface area (Å²) in [5, 5.41) is 0. The molecule has 0 amide bonds. The average Bonchev–Trinajstić information content (AvgIpc) is 2.63. The van der Waals surface area contributed by atoms with Gasteiger partial charge >= 0.3 is 164 Å². The first-order valence-corrected chi connectivity index (χ1v) is 10.0. The Labute approximate surface area is 164 Å². The van der Waals surface area contributed by atoms with Crippen LogP contribution in [-0.2, 0) is 25.8 Å². The third-order valence-electron chi connectivity index (χ3n) is 4.76. The van der Waals surface area contributed by atoms with Crippen LogP contribution in [0.4, 0.5) is 5.69 Å². The van der Waals surface area contributed by atoms with Gasteiger partial charge in [0.2, 0.25) is 0 Å². The van der Waals surface area contributed by atoms with Gasteiger partial charge in [0.1, 0.15) is 0 Å². The van der Waals surface area contributed by atoms with Crippen LogP contribution < -0.4 is 4.90 Å². The van der Waals surface area contributed by atoms with E-state index in [0.717, 1.165) is 36.7 Å². The maximum absolute atomic E-state index is 13.3. The van der Waals surface area contributed by atoms with Gasteiger partial charge in [-0.1, -0.05) is 0 Å². The molecule has 2 aromatic rings. The molecule has 2 nitrogen and oxygen atoms in total. The SMILES string of the molecule is Cc1ccccc1C1=C2C=C[C](=[Ni])C=C2S(=O)c2cc(N(C)C)ccc21. The third-order valence-corrected chi connectivity index (χ3v) is 6.54. The summed E-state index contributed by atoms with van der Waals surface area (Å²) in [7, 11) is 2.76. The minimum atomic E-state index is -1.24. The van der Waals surface area contributed by atoms with Crippen molar-refractivity contribution in [1.82, 2.24) is 0 Å². The van der Waals surface area contributed by atoms with Gasteiger partial charge in [0, 0.05) is 0 Å². The van der Waals surface area contributed by atoms with Crippen molar-refractivity contribution in [3.8, 4) is 0 Å². The van der Waals surface area contributed by atoms with E-state index in [4.69, 9.17) is 15.0 Å². The first-order valence-electron chi connectivity index (χ1n) is 8.40. The summed E-state index contributed by atoms with van der Waals surface area (Å²) in [4.78, 5) is 3.70. The minimum absolute atomic E-state index is 0.758. The van der Waals surface area contributed by atoms with Crippen LogP contribution in [0.1, 0.15) is 16.7 Å². The molecule has 0 bridgehead atoms. The van der Waals surface area contributed by atoms with Crippen LogP contribution in [0.5, 0.6) is 0 Å². The van der Waals surface area contributed by atoms with Crippen LogP contribution in [0.2, 0.25) is 0 Å². The Morgan fingerprint density at radius 1 is 1.00 bits per heavy atom. The van der Waals surface area contributed by atoms with E-state index in [1.807, 2.05) is 49.4 Å². The summed E-state index contributed by atoms with van der Waals surface area (Å²) >= 11 is 5.02. The first kappa shape index (κ1) is 17.4. The first-order chi connectivity index (χ1) is 12.5. The molecule has 1 aliphatic heterocycles. The fourth-order valence-corrected chi connectivity index (χ4v) is 5.14. The molecule has 0 aromatic heterocycles. The van der Waals surface area contributed by atoms with Gasteiger partial charge in [0.15, 0.2) is 0 Å². The second-order valence-electron chi connectivity index (χ2n) is 6.64. The molecule has 2 aromatic carbocycles. The van der Waals surface area contributed by atoms with Gasteiger partial charge < -0.3 is 0 Å². The molecule has 134 valence electrons. The predicted octanol–water partition coefficient (Wildman–Crippen LogP) is 4.16. The van der Waals surface area contributed by atoms with E-state index in [1.54, 1.807) is 0 Å². The molecule has 0 fully saturated rings. The molecule has 1 atom stereocenters. The van der Waals surface area contributed by atoms with Crippen molar-refractivity contribution in [1.29, 1.82) is 0 Å². The van der Waals surface area contributed by atoms with Crippen molar-refractivity contribution in [2.75, 3.05) is 19.0 Å². The zero-order valence-electron chi connectivity index (χ0n) is 14.9. The van der Waals surface area contributed by atoms with E-state index in [9.17, 15) is 4.21 Å². The number of nitrogens with zero attached hydrogens (tertiary/aromatic N) is 1. The number of anilines is 1. The Balaban J connectivity index is 2.08. The molecule has 0 saturated carbocycles. The predicted molar refractivity (Wildman–Crippen MR) is 107 cm³/mol. The molecule has 4 rings (SSSR count). The van der Waals surface area contributed by atoms with Crippen molar-refractivity contribution in [3.05, 3.63) is 87.9 Å². The van der Waals surface area contributed by atoms with E-state index in [-0.39, 0.29) is 0 Å². The maximum atomic E-state index is 13.3. The van der Waals surface area contributed by atoms with Crippen LogP contribution in [0.3, 0.4) is 0 Å². The number of benzene rings is 2. The molecule has 1 unspecified atom stereocenters. The molecular weight excluding hydrogens is 385 g/mol. The molecule has 2 aliphatic rings. The quantitative estimate of drug-likeness (QED) is 0.701. The van der Waals surface area contributed by atoms with E-state index >= 15 is 0 Å². The van der Waals surface area contributed by atoms with Gasteiger partial charge in [-0.15, -0.1) is 0 Å². The van der Waals surface area contributed by atoms with E-state index in [1.165, 1.54) is 11.1 Å². The van der Waals surface area contributed by atoms with Crippen molar-refractivity contribution < 1.29 is 19.2 Å². The van der Waals surface area contributed by atoms with Crippen LogP contribution >= 0.6 is 0 Å². The zero-order chi connectivity index (χ0) is 18.4. The van der Waals surface area contributed by atoms with Gasteiger partial charge in [0.05, 0.1) is 0 Å². The van der Waals surface area contributed by atoms with Crippen molar-refractivity contribution >= 4 is 26.6 Å². The summed E-state index contributed by atoms with van der Waals surface area (Å²) in [5.41, 5.74) is 6.61. The number of hydrogen-bond acceptors (Lipinski definition) is 2. The van der Waals surface area contributed by atoms with Gasteiger partial charge in [-0.2, -0.15) is 0 Å². The molecule has 1 aliphatic carbocycles. The molecule has 0 spiro atoms. The van der Waals surface area contributed by atoms with Crippen molar-refractivity contribution in [2.24, 2.45) is 0 Å². The molecule has 0 N–H and O–H groups in total. The zero-order valence-corrected chi connectivity index (χ0v) is 16.7. The Morgan fingerprint density at radius 3 is 2.50 bits per heavy atom. The summed E-state index contributed by atoms with van der Waals surface area (Å²) < 4.78 is 14.1. The topological polar surface area (TPSA) is 20.3 Å². The van der Waals surface area contributed by atoms with E-state index < -0.39 is 10.8 Å². The number of hydrogen-bond donors (Lipinski definition) is 0. The number of allylic oxidation sites excluding steroid dienone is 4. The van der Waals surface area contributed by atoms with Crippen molar-refractivity contribution in [3.63, 3.8) is 0 Å². The van der Waals surface area contributed by atoms with Gasteiger partial charge in [0.25, 0.3) is 0 Å². The van der Waals surface area contributed by atoms with Gasteiger partial charge in [-0.05, 0) is 0 Å². The monoisotopic (exact) mass is 403 g/mol. The molecule has 4 heteroatoms. The Hall–Kier alpha value is -2.03. The normalized spacial score (nSPS) is 18.4. The number of aryl methyl sites for hydroxylation is 1. The van der Waals surface area contributed by atoms with Crippen LogP contribution in [0, 0.1) is 6.92 Å². The van der Waals surface area contributed by atoms with Crippen LogP contribution in [0.15, 0.2) is 76.1 Å².